The van der Waals surface area contributed by atoms with Crippen LogP contribution in [-0.4, -0.2) is 22.5 Å². The Kier molecular flexibility index (Phi) is 4.99. The van der Waals surface area contributed by atoms with Crippen LogP contribution >= 0.6 is 0 Å². The van der Waals surface area contributed by atoms with Gasteiger partial charge in [-0.1, -0.05) is 36.4 Å². The van der Waals surface area contributed by atoms with Crippen LogP contribution in [0.4, 0.5) is 5.69 Å². The van der Waals surface area contributed by atoms with Crippen molar-refractivity contribution in [2.75, 3.05) is 11.9 Å². The zero-order valence-electron chi connectivity index (χ0n) is 12.8. The molecule has 6 heteroatoms. The molecular formula is C18H15N3O3. The lowest BCUT2D eigenvalue weighted by Crippen LogP contribution is -2.20. The average Bonchev–Trinajstić information content (AvgIpc) is 2.63. The lowest BCUT2D eigenvalue weighted by Gasteiger charge is -2.07. The Morgan fingerprint density at radius 2 is 1.46 bits per heavy atom. The molecule has 3 rings (SSSR count). The number of amides is 1. The van der Waals surface area contributed by atoms with Gasteiger partial charge in [-0.25, -0.2) is 9.97 Å². The minimum Gasteiger partial charge on any atom is -0.484 e. The Labute approximate surface area is 139 Å². The van der Waals surface area contributed by atoms with Crippen LogP contribution < -0.4 is 14.8 Å². The van der Waals surface area contributed by atoms with Gasteiger partial charge in [0.2, 0.25) is 0 Å². The highest BCUT2D eigenvalue weighted by Gasteiger charge is 2.06. The van der Waals surface area contributed by atoms with E-state index in [0.717, 1.165) is 0 Å². The smallest absolute Gasteiger partial charge is 0.322 e. The number of carbonyl (C=O) groups is 1. The summed E-state index contributed by atoms with van der Waals surface area (Å²) in [7, 11) is 0. The van der Waals surface area contributed by atoms with Crippen LogP contribution in [-0.2, 0) is 4.79 Å². The summed E-state index contributed by atoms with van der Waals surface area (Å²) in [6.45, 7) is -0.0910. The van der Waals surface area contributed by atoms with Gasteiger partial charge in [-0.2, -0.15) is 0 Å². The van der Waals surface area contributed by atoms with Gasteiger partial charge in [0.15, 0.2) is 6.61 Å². The molecule has 1 N–H and O–H groups in total. The molecule has 1 heterocycles. The molecule has 2 aromatic carbocycles. The van der Waals surface area contributed by atoms with Gasteiger partial charge in [0.05, 0.1) is 18.1 Å². The molecule has 1 aromatic heterocycles. The fourth-order valence-corrected chi connectivity index (χ4v) is 1.89. The van der Waals surface area contributed by atoms with Gasteiger partial charge in [0, 0.05) is 0 Å². The lowest BCUT2D eigenvalue weighted by molar-refractivity contribution is -0.118. The number of rotatable bonds is 6. The van der Waals surface area contributed by atoms with Crippen molar-refractivity contribution < 1.29 is 14.3 Å². The highest BCUT2D eigenvalue weighted by Crippen LogP contribution is 2.17. The van der Waals surface area contributed by atoms with Crippen molar-refractivity contribution in [1.29, 1.82) is 0 Å². The fourth-order valence-electron chi connectivity index (χ4n) is 1.89. The molecule has 0 saturated carbocycles. The van der Waals surface area contributed by atoms with E-state index in [1.54, 1.807) is 24.3 Å². The number of benzene rings is 2. The first-order chi connectivity index (χ1) is 11.8. The zero-order valence-corrected chi connectivity index (χ0v) is 12.8. The van der Waals surface area contributed by atoms with Crippen LogP contribution in [0.15, 0.2) is 73.1 Å². The molecule has 6 nitrogen and oxygen atoms in total. The second kappa shape index (κ2) is 7.73. The van der Waals surface area contributed by atoms with Crippen molar-refractivity contribution in [2.45, 2.75) is 0 Å². The maximum atomic E-state index is 11.8. The van der Waals surface area contributed by atoms with Gasteiger partial charge in [0.25, 0.3) is 5.91 Å². The molecule has 120 valence electrons. The number of hydrogen-bond acceptors (Lipinski definition) is 5. The summed E-state index contributed by atoms with van der Waals surface area (Å²) in [6.07, 6.45) is 2.96. The van der Waals surface area contributed by atoms with E-state index in [1.807, 2.05) is 36.4 Å². The molecule has 0 bridgehead atoms. The molecule has 0 radical (unpaired) electrons. The summed E-state index contributed by atoms with van der Waals surface area (Å²) in [5.41, 5.74) is 0.470. The number of carbonyl (C=O) groups excluding carboxylic acids is 1. The third-order valence-electron chi connectivity index (χ3n) is 2.98. The molecule has 0 unspecified atom stereocenters. The number of nitrogens with zero attached hydrogens (tertiary/aromatic N) is 2. The number of para-hydroxylation sites is 2. The highest BCUT2D eigenvalue weighted by atomic mass is 16.5. The molecule has 0 fully saturated rings. The number of ether oxygens (including phenoxy) is 2. The third kappa shape index (κ3) is 4.54. The summed E-state index contributed by atoms with van der Waals surface area (Å²) in [5.74, 6) is 0.986. The van der Waals surface area contributed by atoms with Crippen LogP contribution in [0, 0.1) is 0 Å². The first kappa shape index (κ1) is 15.5. The van der Waals surface area contributed by atoms with Crippen molar-refractivity contribution in [2.24, 2.45) is 0 Å². The number of hydrogen-bond donors (Lipinski definition) is 1. The van der Waals surface area contributed by atoms with Crippen molar-refractivity contribution in [3.63, 3.8) is 0 Å². The maximum Gasteiger partial charge on any atom is 0.322 e. The van der Waals surface area contributed by atoms with E-state index in [4.69, 9.17) is 9.47 Å². The summed E-state index contributed by atoms with van der Waals surface area (Å²) in [4.78, 5) is 20.0. The Morgan fingerprint density at radius 3 is 2.08 bits per heavy atom. The fraction of sp³-hybridized carbons (Fsp3) is 0.0556. The summed E-state index contributed by atoms with van der Waals surface area (Å²) < 4.78 is 10.8. The van der Waals surface area contributed by atoms with Gasteiger partial charge in [-0.05, 0) is 24.3 Å². The van der Waals surface area contributed by atoms with Gasteiger partial charge in [-0.15, -0.1) is 0 Å². The van der Waals surface area contributed by atoms with Crippen LogP contribution in [0.3, 0.4) is 0 Å². The molecular weight excluding hydrogens is 306 g/mol. The molecule has 1 amide bonds. The van der Waals surface area contributed by atoms with E-state index in [0.29, 0.717) is 17.2 Å². The van der Waals surface area contributed by atoms with Crippen molar-refractivity contribution >= 4 is 11.6 Å². The van der Waals surface area contributed by atoms with E-state index < -0.39 is 0 Å². The van der Waals surface area contributed by atoms with E-state index in [1.165, 1.54) is 12.4 Å². The standard InChI is InChI=1S/C18H15N3O3/c22-17(13-23-15-7-3-1-4-8-15)21-14-11-19-18(20-12-14)24-16-9-5-2-6-10-16/h1-12H,13H2,(H,21,22). The largest absolute Gasteiger partial charge is 0.484 e. The summed E-state index contributed by atoms with van der Waals surface area (Å²) in [6, 6.07) is 18.6. The normalized spacial score (nSPS) is 10.0. The SMILES string of the molecule is O=C(COc1ccccc1)Nc1cnc(Oc2ccccc2)nc1. The maximum absolute atomic E-state index is 11.8. The molecule has 3 aromatic rings. The topological polar surface area (TPSA) is 73.3 Å². The Bertz CT molecular complexity index is 778. The van der Waals surface area contributed by atoms with Crippen molar-refractivity contribution in [1.82, 2.24) is 9.97 Å². The Balaban J connectivity index is 1.51. The van der Waals surface area contributed by atoms with E-state index >= 15 is 0 Å². The molecule has 0 atom stereocenters. The predicted molar refractivity (Wildman–Crippen MR) is 89.1 cm³/mol. The van der Waals surface area contributed by atoms with Crippen LogP contribution in [0.2, 0.25) is 0 Å². The number of aromatic nitrogens is 2. The first-order valence-corrected chi connectivity index (χ1v) is 7.32. The molecule has 0 spiro atoms. The van der Waals surface area contributed by atoms with Gasteiger partial charge in [-0.3, -0.25) is 4.79 Å². The first-order valence-electron chi connectivity index (χ1n) is 7.32. The molecule has 0 saturated heterocycles. The minimum atomic E-state index is -0.292. The number of anilines is 1. The average molecular weight is 321 g/mol. The summed E-state index contributed by atoms with van der Waals surface area (Å²) in [5, 5.41) is 2.66. The van der Waals surface area contributed by atoms with E-state index in [2.05, 4.69) is 15.3 Å². The second-order valence-corrected chi connectivity index (χ2v) is 4.82. The minimum absolute atomic E-state index is 0.0910. The van der Waals surface area contributed by atoms with Crippen molar-refractivity contribution in [3.8, 4) is 17.5 Å². The van der Waals surface area contributed by atoms with Gasteiger partial charge in [0.1, 0.15) is 11.5 Å². The molecule has 0 aliphatic rings. The Morgan fingerprint density at radius 1 is 0.875 bits per heavy atom. The molecule has 24 heavy (non-hydrogen) atoms. The second-order valence-electron chi connectivity index (χ2n) is 4.82. The van der Waals surface area contributed by atoms with E-state index in [-0.39, 0.29) is 18.5 Å². The van der Waals surface area contributed by atoms with Crippen LogP contribution in [0.5, 0.6) is 17.5 Å². The predicted octanol–water partition coefficient (Wildman–Crippen LogP) is 3.29. The van der Waals surface area contributed by atoms with Crippen molar-refractivity contribution in [3.05, 3.63) is 73.1 Å². The van der Waals surface area contributed by atoms with E-state index in [9.17, 15) is 4.79 Å². The molecule has 0 aliphatic carbocycles. The quantitative estimate of drug-likeness (QED) is 0.754. The van der Waals surface area contributed by atoms with Gasteiger partial charge >= 0.3 is 6.01 Å². The number of nitrogens with one attached hydrogen (secondary N) is 1. The Hall–Kier alpha value is -3.41. The van der Waals surface area contributed by atoms with Gasteiger partial charge < -0.3 is 14.8 Å². The molecule has 0 aliphatic heterocycles. The zero-order chi connectivity index (χ0) is 16.6. The highest BCUT2D eigenvalue weighted by molar-refractivity contribution is 5.91. The van der Waals surface area contributed by atoms with Crippen LogP contribution in [0.1, 0.15) is 0 Å². The third-order valence-corrected chi connectivity index (χ3v) is 2.98. The lowest BCUT2D eigenvalue weighted by atomic mass is 10.3. The summed E-state index contributed by atoms with van der Waals surface area (Å²) >= 11 is 0. The van der Waals surface area contributed by atoms with Crippen LogP contribution in [0.25, 0.3) is 0 Å². The monoisotopic (exact) mass is 321 g/mol.